The molecule has 1 fully saturated rings. The summed E-state index contributed by atoms with van der Waals surface area (Å²) in [7, 11) is 0. The van der Waals surface area contributed by atoms with Crippen molar-refractivity contribution in [1.82, 2.24) is 10.2 Å². The average molecular weight is 275 g/mol. The topological polar surface area (TPSA) is 41.3 Å². The van der Waals surface area contributed by atoms with Crippen molar-refractivity contribution in [3.63, 3.8) is 0 Å². The molecule has 0 spiro atoms. The van der Waals surface area contributed by atoms with Gasteiger partial charge in [-0.05, 0) is 23.0 Å². The Balaban J connectivity index is 1.93. The van der Waals surface area contributed by atoms with E-state index in [4.69, 9.17) is 5.73 Å². The van der Waals surface area contributed by atoms with Crippen molar-refractivity contribution < 1.29 is 0 Å². The van der Waals surface area contributed by atoms with E-state index in [0.29, 0.717) is 6.04 Å². The first-order chi connectivity index (χ1) is 9.49. The molecule has 0 radical (unpaired) electrons. The quantitative estimate of drug-likeness (QED) is 0.880. The first-order valence-electron chi connectivity index (χ1n) is 7.74. The molecule has 3 nitrogen and oxygen atoms in total. The van der Waals surface area contributed by atoms with Crippen LogP contribution in [0.25, 0.3) is 0 Å². The van der Waals surface area contributed by atoms with Gasteiger partial charge in [-0.25, -0.2) is 0 Å². The summed E-state index contributed by atoms with van der Waals surface area (Å²) in [4.78, 5) is 2.46. The maximum atomic E-state index is 5.65. The highest BCUT2D eigenvalue weighted by Crippen LogP contribution is 2.22. The van der Waals surface area contributed by atoms with Gasteiger partial charge in [0.05, 0.1) is 0 Å². The number of hydrogen-bond donors (Lipinski definition) is 2. The zero-order chi connectivity index (χ0) is 14.6. The third kappa shape index (κ3) is 4.30. The molecule has 112 valence electrons. The largest absolute Gasteiger partial charge is 0.329 e. The van der Waals surface area contributed by atoms with Crippen molar-refractivity contribution in [2.45, 2.75) is 38.6 Å². The third-order valence-electron chi connectivity index (χ3n) is 4.09. The Labute approximate surface area is 123 Å². The molecule has 0 aromatic heterocycles. The molecule has 1 aromatic rings. The Morgan fingerprint density at radius 1 is 1.25 bits per heavy atom. The predicted molar refractivity (Wildman–Crippen MR) is 86.1 cm³/mol. The van der Waals surface area contributed by atoms with Crippen LogP contribution in [0.4, 0.5) is 0 Å². The van der Waals surface area contributed by atoms with Gasteiger partial charge in [-0.2, -0.15) is 0 Å². The average Bonchev–Trinajstić information content (AvgIpc) is 2.39. The van der Waals surface area contributed by atoms with Gasteiger partial charge in [0, 0.05) is 38.8 Å². The minimum Gasteiger partial charge on any atom is -0.329 e. The summed E-state index contributed by atoms with van der Waals surface area (Å²) in [5.74, 6) is 0. The van der Waals surface area contributed by atoms with Crippen LogP contribution >= 0.6 is 0 Å². The van der Waals surface area contributed by atoms with E-state index in [1.165, 1.54) is 11.1 Å². The Hall–Kier alpha value is -0.900. The highest BCUT2D eigenvalue weighted by Gasteiger charge is 2.19. The summed E-state index contributed by atoms with van der Waals surface area (Å²) >= 11 is 0. The molecule has 3 heteroatoms. The van der Waals surface area contributed by atoms with Crippen molar-refractivity contribution in [2.24, 2.45) is 5.73 Å². The second kappa shape index (κ2) is 6.70. The molecule has 3 N–H and O–H groups in total. The summed E-state index contributed by atoms with van der Waals surface area (Å²) in [5, 5.41) is 3.62. The zero-order valence-electron chi connectivity index (χ0n) is 13.2. The number of nitrogens with one attached hydrogen (secondary N) is 1. The lowest BCUT2D eigenvalue weighted by Crippen LogP contribution is -2.52. The molecular formula is C17H29N3. The number of nitrogens with zero attached hydrogens (tertiary/aromatic N) is 1. The molecule has 2 rings (SSSR count). The van der Waals surface area contributed by atoms with Gasteiger partial charge in [-0.1, -0.05) is 45.0 Å². The molecule has 0 aliphatic carbocycles. The second-order valence-electron chi connectivity index (χ2n) is 6.89. The first kappa shape index (κ1) is 15.5. The maximum Gasteiger partial charge on any atom is 0.0235 e. The van der Waals surface area contributed by atoms with Crippen molar-refractivity contribution in [3.05, 3.63) is 35.4 Å². The molecule has 1 atom stereocenters. The van der Waals surface area contributed by atoms with E-state index in [9.17, 15) is 0 Å². The van der Waals surface area contributed by atoms with Crippen LogP contribution in [0.15, 0.2) is 24.3 Å². The van der Waals surface area contributed by atoms with Gasteiger partial charge in [-0.15, -0.1) is 0 Å². The fourth-order valence-electron chi connectivity index (χ4n) is 2.84. The van der Waals surface area contributed by atoms with Crippen molar-refractivity contribution >= 4 is 0 Å². The van der Waals surface area contributed by atoms with Crippen LogP contribution in [0, 0.1) is 0 Å². The number of nitrogens with two attached hydrogens (primary N) is 1. The molecule has 1 unspecified atom stereocenters. The summed E-state index contributed by atoms with van der Waals surface area (Å²) < 4.78 is 0. The molecule has 1 aliphatic rings. The standard InChI is InChI=1S/C17H29N3/c1-17(2,3)15-6-4-14(5-7-15)12-16-13-20(10-8-18)11-9-19-16/h4-7,16,19H,8-13,18H2,1-3H3. The van der Waals surface area contributed by atoms with E-state index in [0.717, 1.165) is 39.1 Å². The van der Waals surface area contributed by atoms with Crippen LogP contribution in [0.2, 0.25) is 0 Å². The predicted octanol–water partition coefficient (Wildman–Crippen LogP) is 1.76. The minimum atomic E-state index is 0.236. The lowest BCUT2D eigenvalue weighted by molar-refractivity contribution is 0.204. The molecule has 1 aromatic carbocycles. The molecule has 20 heavy (non-hydrogen) atoms. The van der Waals surface area contributed by atoms with Crippen LogP contribution in [0.3, 0.4) is 0 Å². The van der Waals surface area contributed by atoms with Crippen LogP contribution < -0.4 is 11.1 Å². The molecule has 1 heterocycles. The highest BCUT2D eigenvalue weighted by molar-refractivity contribution is 5.28. The summed E-state index contributed by atoms with van der Waals surface area (Å²) in [6.45, 7) is 11.9. The highest BCUT2D eigenvalue weighted by atomic mass is 15.2. The Morgan fingerprint density at radius 3 is 2.55 bits per heavy atom. The van der Waals surface area contributed by atoms with Crippen LogP contribution in [0.5, 0.6) is 0 Å². The van der Waals surface area contributed by atoms with E-state index in [-0.39, 0.29) is 5.41 Å². The van der Waals surface area contributed by atoms with E-state index in [1.807, 2.05) is 0 Å². The lowest BCUT2D eigenvalue weighted by atomic mass is 9.86. The number of rotatable bonds is 4. The van der Waals surface area contributed by atoms with Gasteiger partial charge in [0.1, 0.15) is 0 Å². The smallest absolute Gasteiger partial charge is 0.0235 e. The molecule has 0 saturated carbocycles. The van der Waals surface area contributed by atoms with Crippen molar-refractivity contribution in [3.8, 4) is 0 Å². The number of hydrogen-bond acceptors (Lipinski definition) is 3. The van der Waals surface area contributed by atoms with Crippen molar-refractivity contribution in [1.29, 1.82) is 0 Å². The number of benzene rings is 1. The van der Waals surface area contributed by atoms with E-state index in [2.05, 4.69) is 55.3 Å². The van der Waals surface area contributed by atoms with E-state index >= 15 is 0 Å². The number of piperazine rings is 1. The van der Waals surface area contributed by atoms with Gasteiger partial charge < -0.3 is 11.1 Å². The Bertz CT molecular complexity index is 403. The summed E-state index contributed by atoms with van der Waals surface area (Å²) in [6.07, 6.45) is 1.10. The van der Waals surface area contributed by atoms with Crippen LogP contribution in [-0.4, -0.2) is 43.7 Å². The van der Waals surface area contributed by atoms with Gasteiger partial charge >= 0.3 is 0 Å². The van der Waals surface area contributed by atoms with E-state index < -0.39 is 0 Å². The molecule has 1 saturated heterocycles. The summed E-state index contributed by atoms with van der Waals surface area (Å²) in [5.41, 5.74) is 8.71. The maximum absolute atomic E-state index is 5.65. The third-order valence-corrected chi connectivity index (χ3v) is 4.09. The monoisotopic (exact) mass is 275 g/mol. The fourth-order valence-corrected chi connectivity index (χ4v) is 2.84. The van der Waals surface area contributed by atoms with Crippen LogP contribution in [0.1, 0.15) is 31.9 Å². The summed E-state index contributed by atoms with van der Waals surface area (Å²) in [6, 6.07) is 9.66. The van der Waals surface area contributed by atoms with Crippen molar-refractivity contribution in [2.75, 3.05) is 32.7 Å². The normalized spacial score (nSPS) is 21.1. The van der Waals surface area contributed by atoms with Gasteiger partial charge in [0.2, 0.25) is 0 Å². The van der Waals surface area contributed by atoms with E-state index in [1.54, 1.807) is 0 Å². The lowest BCUT2D eigenvalue weighted by Gasteiger charge is -2.33. The van der Waals surface area contributed by atoms with Gasteiger partial charge in [0.15, 0.2) is 0 Å². The SMILES string of the molecule is CC(C)(C)c1ccc(CC2CN(CCN)CCN2)cc1. The molecule has 1 aliphatic heterocycles. The molecular weight excluding hydrogens is 246 g/mol. The minimum absolute atomic E-state index is 0.236. The van der Waals surface area contributed by atoms with Gasteiger partial charge in [0.25, 0.3) is 0 Å². The Morgan fingerprint density at radius 2 is 1.95 bits per heavy atom. The zero-order valence-corrected chi connectivity index (χ0v) is 13.2. The molecule has 0 amide bonds. The molecule has 0 bridgehead atoms. The second-order valence-corrected chi connectivity index (χ2v) is 6.89. The van der Waals surface area contributed by atoms with Gasteiger partial charge in [-0.3, -0.25) is 4.90 Å². The Kier molecular flexibility index (Phi) is 5.19. The fraction of sp³-hybridized carbons (Fsp3) is 0.647. The van der Waals surface area contributed by atoms with Crippen LogP contribution in [-0.2, 0) is 11.8 Å². The first-order valence-corrected chi connectivity index (χ1v) is 7.74.